The molecule has 27 heavy (non-hydrogen) atoms. The molecule has 0 aromatic heterocycles. The lowest BCUT2D eigenvalue weighted by atomic mass is 10.2. The minimum absolute atomic E-state index is 0.128. The molecule has 0 unspecified atom stereocenters. The van der Waals surface area contributed by atoms with Gasteiger partial charge in [-0.2, -0.15) is 5.10 Å². The van der Waals surface area contributed by atoms with Crippen molar-refractivity contribution in [2.45, 2.75) is 6.92 Å². The van der Waals surface area contributed by atoms with Gasteiger partial charge in [0.1, 0.15) is 0 Å². The largest absolute Gasteiger partial charge is 0.490 e. The summed E-state index contributed by atoms with van der Waals surface area (Å²) in [5.41, 5.74) is 4.37. The van der Waals surface area contributed by atoms with Crippen molar-refractivity contribution in [1.82, 2.24) is 4.90 Å². The van der Waals surface area contributed by atoms with Crippen molar-refractivity contribution in [3.05, 3.63) is 52.0 Å². The van der Waals surface area contributed by atoms with Gasteiger partial charge < -0.3 is 14.4 Å². The summed E-state index contributed by atoms with van der Waals surface area (Å²) in [6, 6.07) is 10.6. The quantitative estimate of drug-likeness (QED) is 0.521. The maximum atomic E-state index is 11.7. The van der Waals surface area contributed by atoms with Crippen molar-refractivity contribution < 1.29 is 14.3 Å². The molecule has 0 aliphatic carbocycles. The van der Waals surface area contributed by atoms with Crippen molar-refractivity contribution >= 4 is 41.0 Å². The number of rotatable bonds is 8. The highest BCUT2D eigenvalue weighted by atomic mass is 35.5. The number of carbonyl (C=O) groups excluding carboxylic acids is 1. The number of nitrogens with one attached hydrogen (secondary N) is 1. The maximum Gasteiger partial charge on any atom is 0.259 e. The summed E-state index contributed by atoms with van der Waals surface area (Å²) in [6.07, 6.45) is 1.60. The molecule has 0 radical (unpaired) electrons. The van der Waals surface area contributed by atoms with E-state index in [4.69, 9.17) is 32.7 Å². The van der Waals surface area contributed by atoms with Crippen LogP contribution in [0, 0.1) is 0 Å². The Kier molecular flexibility index (Phi) is 7.76. The predicted molar refractivity (Wildman–Crippen MR) is 109 cm³/mol. The molecule has 2 aromatic carbocycles. The molecule has 1 amide bonds. The van der Waals surface area contributed by atoms with Gasteiger partial charge in [-0.25, -0.2) is 0 Å². The van der Waals surface area contributed by atoms with E-state index in [9.17, 15) is 4.79 Å². The molecule has 2 aromatic rings. The molecule has 0 atom stereocenters. The topological polar surface area (TPSA) is 63.2 Å². The summed E-state index contributed by atoms with van der Waals surface area (Å²) in [6.45, 7) is 2.15. The number of likely N-dealkylation sites (N-methyl/N-ethyl adjacent to an activating group) is 1. The molecule has 1 N–H and O–H groups in total. The number of nitrogens with zero attached hydrogens (tertiary/aromatic N) is 2. The number of carbonyl (C=O) groups is 1. The van der Waals surface area contributed by atoms with E-state index in [1.807, 2.05) is 19.1 Å². The van der Waals surface area contributed by atoms with E-state index >= 15 is 0 Å². The Hall–Kier alpha value is -2.44. The SMILES string of the molecule is CCOc1cc(/C=N\Nc2cccc(Cl)c2)cc(Cl)c1OCC(=O)N(C)C. The molecule has 2 rings (SSSR count). The van der Waals surface area contributed by atoms with Crippen LogP contribution in [0.3, 0.4) is 0 Å². The number of amides is 1. The van der Waals surface area contributed by atoms with E-state index < -0.39 is 0 Å². The summed E-state index contributed by atoms with van der Waals surface area (Å²) in [4.78, 5) is 13.2. The molecule has 144 valence electrons. The van der Waals surface area contributed by atoms with E-state index in [0.29, 0.717) is 33.7 Å². The van der Waals surface area contributed by atoms with Crippen molar-refractivity contribution in [2.24, 2.45) is 5.10 Å². The number of halogens is 2. The van der Waals surface area contributed by atoms with Crippen molar-refractivity contribution in [3.8, 4) is 11.5 Å². The standard InChI is InChI=1S/C19H21Cl2N3O3/c1-4-26-17-9-13(11-22-23-15-7-5-6-14(20)10-15)8-16(21)19(17)27-12-18(25)24(2)3/h5-11,23H,4,12H2,1-3H3/b22-11-. The zero-order chi connectivity index (χ0) is 19.8. The van der Waals surface area contributed by atoms with Gasteiger partial charge in [-0.15, -0.1) is 0 Å². The van der Waals surface area contributed by atoms with Crippen molar-refractivity contribution in [2.75, 3.05) is 32.7 Å². The lowest BCUT2D eigenvalue weighted by molar-refractivity contribution is -0.130. The molecule has 0 saturated heterocycles. The summed E-state index contributed by atoms with van der Waals surface area (Å²) in [5, 5.41) is 5.12. The minimum Gasteiger partial charge on any atom is -0.490 e. The number of hydrogen-bond donors (Lipinski definition) is 1. The van der Waals surface area contributed by atoms with Gasteiger partial charge in [0.15, 0.2) is 18.1 Å². The highest BCUT2D eigenvalue weighted by Crippen LogP contribution is 2.36. The van der Waals surface area contributed by atoms with Crippen LogP contribution in [0.2, 0.25) is 10.0 Å². The van der Waals surface area contributed by atoms with Gasteiger partial charge in [0.25, 0.3) is 5.91 Å². The lowest BCUT2D eigenvalue weighted by Gasteiger charge is -2.16. The second kappa shape index (κ2) is 10.0. The van der Waals surface area contributed by atoms with Gasteiger partial charge in [0, 0.05) is 19.1 Å². The average Bonchev–Trinajstić information content (AvgIpc) is 2.61. The van der Waals surface area contributed by atoms with E-state index in [2.05, 4.69) is 10.5 Å². The van der Waals surface area contributed by atoms with Crippen LogP contribution in [-0.4, -0.2) is 44.3 Å². The van der Waals surface area contributed by atoms with Gasteiger partial charge in [0.05, 0.1) is 23.5 Å². The zero-order valence-electron chi connectivity index (χ0n) is 15.3. The molecule has 0 heterocycles. The third-order valence-corrected chi connectivity index (χ3v) is 3.92. The van der Waals surface area contributed by atoms with E-state index in [0.717, 1.165) is 5.69 Å². The molecule has 0 aliphatic rings. The zero-order valence-corrected chi connectivity index (χ0v) is 16.8. The first-order valence-electron chi connectivity index (χ1n) is 8.24. The highest BCUT2D eigenvalue weighted by molar-refractivity contribution is 6.32. The maximum absolute atomic E-state index is 11.7. The van der Waals surface area contributed by atoms with Gasteiger partial charge in [0.2, 0.25) is 0 Å². The fraction of sp³-hybridized carbons (Fsp3) is 0.263. The van der Waals surface area contributed by atoms with Crippen LogP contribution in [0.5, 0.6) is 11.5 Å². The van der Waals surface area contributed by atoms with Crippen LogP contribution in [0.4, 0.5) is 5.69 Å². The van der Waals surface area contributed by atoms with Gasteiger partial charge in [-0.3, -0.25) is 10.2 Å². The van der Waals surface area contributed by atoms with Crippen LogP contribution < -0.4 is 14.9 Å². The van der Waals surface area contributed by atoms with E-state index in [-0.39, 0.29) is 12.5 Å². The number of anilines is 1. The smallest absolute Gasteiger partial charge is 0.259 e. The molecule has 8 heteroatoms. The molecule has 0 fully saturated rings. The fourth-order valence-electron chi connectivity index (χ4n) is 2.07. The van der Waals surface area contributed by atoms with Crippen LogP contribution in [-0.2, 0) is 4.79 Å². The Morgan fingerprint density at radius 3 is 2.67 bits per heavy atom. The third kappa shape index (κ3) is 6.34. The van der Waals surface area contributed by atoms with Gasteiger partial charge in [-0.05, 0) is 42.8 Å². The van der Waals surface area contributed by atoms with E-state index in [1.54, 1.807) is 44.6 Å². The van der Waals surface area contributed by atoms with Crippen molar-refractivity contribution in [3.63, 3.8) is 0 Å². The van der Waals surface area contributed by atoms with Crippen LogP contribution in [0.25, 0.3) is 0 Å². The Morgan fingerprint density at radius 2 is 2.00 bits per heavy atom. The molecule has 0 aliphatic heterocycles. The average molecular weight is 410 g/mol. The van der Waals surface area contributed by atoms with E-state index in [1.165, 1.54) is 4.90 Å². The number of hydrogen-bond acceptors (Lipinski definition) is 5. The second-order valence-corrected chi connectivity index (χ2v) is 6.56. The molecule has 0 saturated carbocycles. The number of ether oxygens (including phenoxy) is 2. The molecule has 0 spiro atoms. The van der Waals surface area contributed by atoms with Crippen LogP contribution >= 0.6 is 23.2 Å². The Morgan fingerprint density at radius 1 is 1.22 bits per heavy atom. The summed E-state index contributed by atoms with van der Waals surface area (Å²) < 4.78 is 11.2. The Labute approximate surface area is 168 Å². The van der Waals surface area contributed by atoms with Gasteiger partial charge >= 0.3 is 0 Å². The van der Waals surface area contributed by atoms with Crippen LogP contribution in [0.15, 0.2) is 41.5 Å². The normalized spacial score (nSPS) is 10.7. The second-order valence-electron chi connectivity index (χ2n) is 5.72. The van der Waals surface area contributed by atoms with Gasteiger partial charge in [-0.1, -0.05) is 29.3 Å². The first-order valence-corrected chi connectivity index (χ1v) is 9.00. The lowest BCUT2D eigenvalue weighted by Crippen LogP contribution is -2.27. The Balaban J connectivity index is 2.15. The summed E-state index contributed by atoms with van der Waals surface area (Å²) >= 11 is 12.3. The summed E-state index contributed by atoms with van der Waals surface area (Å²) in [5.74, 6) is 0.597. The molecule has 0 bridgehead atoms. The number of hydrazone groups is 1. The number of benzene rings is 2. The first kappa shape index (κ1) is 20.9. The molecule has 6 nitrogen and oxygen atoms in total. The Bertz CT molecular complexity index is 826. The summed E-state index contributed by atoms with van der Waals surface area (Å²) in [7, 11) is 3.31. The minimum atomic E-state index is -0.176. The highest BCUT2D eigenvalue weighted by Gasteiger charge is 2.14. The monoisotopic (exact) mass is 409 g/mol. The van der Waals surface area contributed by atoms with Crippen LogP contribution in [0.1, 0.15) is 12.5 Å². The fourth-order valence-corrected chi connectivity index (χ4v) is 2.53. The third-order valence-electron chi connectivity index (χ3n) is 3.40. The first-order chi connectivity index (χ1) is 12.9. The predicted octanol–water partition coefficient (Wildman–Crippen LogP) is 4.31. The molecular weight excluding hydrogens is 389 g/mol. The molecular formula is C19H21Cl2N3O3. The van der Waals surface area contributed by atoms with Crippen molar-refractivity contribution in [1.29, 1.82) is 0 Å².